The van der Waals surface area contributed by atoms with Gasteiger partial charge < -0.3 is 52.2 Å². The summed E-state index contributed by atoms with van der Waals surface area (Å²) < 4.78 is 126. The van der Waals surface area contributed by atoms with E-state index in [9.17, 15) is 14.9 Å². The van der Waals surface area contributed by atoms with Gasteiger partial charge in [-0.25, -0.2) is 39.0 Å². The van der Waals surface area contributed by atoms with E-state index in [0.29, 0.717) is 49.4 Å². The Morgan fingerprint density at radius 3 is 1.28 bits per heavy atom. The Hall–Kier alpha value is -9.62. The Kier molecular flexibility index (Phi) is 25.6. The molecular weight excluding hydrogens is 1600 g/mol. The second-order valence-electron chi connectivity index (χ2n) is 30.5. The summed E-state index contributed by atoms with van der Waals surface area (Å²) in [7, 11) is -13.5. The first-order chi connectivity index (χ1) is 55.4. The fourth-order valence-electron chi connectivity index (χ4n) is 12.8. The topological polar surface area (TPSA) is 323 Å². The number of hydrogen-bond acceptors (Lipinski definition) is 24. The summed E-state index contributed by atoms with van der Waals surface area (Å²) in [4.78, 5) is 55.8. The van der Waals surface area contributed by atoms with Crippen molar-refractivity contribution in [2.24, 2.45) is 0 Å². The number of nitrogens with zero attached hydrogens (tertiary/aromatic N) is 9. The lowest BCUT2D eigenvalue weighted by Crippen LogP contribution is -2.50. The molecule has 2 aliphatic heterocycles. The molecule has 0 spiro atoms. The van der Waals surface area contributed by atoms with E-state index < -0.39 is 129 Å². The van der Waals surface area contributed by atoms with E-state index in [1.807, 2.05) is 132 Å². The van der Waals surface area contributed by atoms with Crippen LogP contribution in [0.3, 0.4) is 0 Å². The molecule has 0 bridgehead atoms. The monoisotopic (exact) mass is 1690 g/mol. The standard InChI is InChI=1S/C82H89Cl2N11O17P2Si2/c1-80(2,3)115(9,10)111-70-68(64(105-78(70)94-51-90-66-72(86-49-88-74(66)94)92-76(96)53-23-16-13-17-24-53)47-102-82(55-27-20-15-21-28-55,56-29-37-60(100-7)38-30-56)57-31-39-61(101-8)40-32-57)110-114(99,108-63-43-35-59(84)36-44-63)104-48-65-69(109-113(98,103-46-22-45-85)107-62-41-33-58(83)34-42-62)71(112-116(11,12)81(4,5)6)79(106-65)95-52-91-67-73(87-50-89-75(67)95)93-77(97)54-25-18-14-19-26-54/h13-21,23-44,49-52,64-65,68-71,78-79H,22,46-48H2,1-12H3,(H,86,88,92,96)(H,87,89,93,97). The van der Waals surface area contributed by atoms with E-state index in [1.54, 1.807) is 84.0 Å². The Morgan fingerprint density at radius 2 is 0.879 bits per heavy atom. The molecule has 6 heterocycles. The predicted octanol–water partition coefficient (Wildman–Crippen LogP) is 18.2. The lowest BCUT2D eigenvalue weighted by atomic mass is 9.80. The molecule has 11 aromatic rings. The number of methoxy groups -OCH3 is 2. The number of hydrogen-bond donors (Lipinski definition) is 2. The van der Waals surface area contributed by atoms with Gasteiger partial charge in [0.25, 0.3) is 11.8 Å². The molecule has 13 rings (SSSR count). The predicted molar refractivity (Wildman–Crippen MR) is 441 cm³/mol. The second kappa shape index (κ2) is 35.3. The number of halogens is 2. The van der Waals surface area contributed by atoms with Gasteiger partial charge in [-0.15, -0.1) is 0 Å². The molecule has 4 aromatic heterocycles. The SMILES string of the molecule is COc1ccc(C(OCC2OC(n3cnc4c(NC(=O)c5ccccc5)ncnc43)C(O[Si](C)(C)C(C)(C)C)C2OP(=O)(OCC2OC(n3cnc4c(NC(=O)c5ccccc5)ncnc43)C(O[Si](C)(C)C(C)(C)C)C2OP(=O)(OCCC#N)Oc2ccc(Cl)cc2)Oc2ccc(Cl)cc2)(c2ccccc2)c2ccc(OC)cc2)cc1. The van der Waals surface area contributed by atoms with Crippen LogP contribution in [0, 0.1) is 11.3 Å². The van der Waals surface area contributed by atoms with Crippen LogP contribution in [0.5, 0.6) is 23.0 Å². The van der Waals surface area contributed by atoms with E-state index in [1.165, 1.54) is 73.8 Å². The third-order valence-electron chi connectivity index (χ3n) is 20.9. The maximum atomic E-state index is 17.4. The number of fused-ring (bicyclic) bond motifs is 2. The summed E-state index contributed by atoms with van der Waals surface area (Å²) >= 11 is 13.0. The van der Waals surface area contributed by atoms with Gasteiger partial charge in [0.05, 0.1) is 59.2 Å². The fourth-order valence-corrected chi connectivity index (χ4v) is 18.5. The molecule has 7 aromatic carbocycles. The smallest absolute Gasteiger partial charge is 0.497 e. The molecule has 28 nitrogen and oxygen atoms in total. The van der Waals surface area contributed by atoms with Gasteiger partial charge in [-0.3, -0.25) is 36.8 Å². The van der Waals surface area contributed by atoms with Crippen LogP contribution in [-0.4, -0.2) is 138 Å². The lowest BCUT2D eigenvalue weighted by Gasteiger charge is -2.41. The number of phosphoric ester groups is 2. The van der Waals surface area contributed by atoms with Crippen LogP contribution in [0.2, 0.25) is 46.3 Å². The molecule has 2 fully saturated rings. The summed E-state index contributed by atoms with van der Waals surface area (Å²) in [5.74, 6) is 0.301. The van der Waals surface area contributed by atoms with Crippen LogP contribution in [0.25, 0.3) is 22.3 Å². The van der Waals surface area contributed by atoms with Crippen LogP contribution in [-0.2, 0) is 55.9 Å². The van der Waals surface area contributed by atoms with Crippen molar-refractivity contribution in [2.45, 2.75) is 139 Å². The highest BCUT2D eigenvalue weighted by Gasteiger charge is 2.59. The molecule has 34 heteroatoms. The normalized spacial score (nSPS) is 19.7. The summed E-state index contributed by atoms with van der Waals surface area (Å²) in [5, 5.41) is 15.2. The molecule has 0 saturated carbocycles. The molecule has 2 saturated heterocycles. The highest BCUT2D eigenvalue weighted by atomic mass is 35.5. The highest BCUT2D eigenvalue weighted by molar-refractivity contribution is 7.49. The van der Waals surface area contributed by atoms with E-state index >= 15 is 9.13 Å². The van der Waals surface area contributed by atoms with Crippen LogP contribution in [0.15, 0.2) is 213 Å². The number of nitrogens with one attached hydrogen (secondary N) is 2. The van der Waals surface area contributed by atoms with Gasteiger partial charge in [0.15, 0.2) is 63.1 Å². The zero-order valence-corrected chi connectivity index (χ0v) is 71.1. The molecule has 2 N–H and O–H groups in total. The molecule has 606 valence electrons. The van der Waals surface area contributed by atoms with Crippen LogP contribution < -0.4 is 29.2 Å². The Bertz CT molecular complexity index is 5340. The van der Waals surface area contributed by atoms with E-state index in [-0.39, 0.29) is 51.9 Å². The number of aromatic nitrogens is 8. The van der Waals surface area contributed by atoms with Gasteiger partial charge >= 0.3 is 15.6 Å². The molecule has 10 unspecified atom stereocenters. The Balaban J connectivity index is 0.980. The summed E-state index contributed by atoms with van der Waals surface area (Å²) in [6.45, 7) is 18.6. The van der Waals surface area contributed by atoms with Crippen LogP contribution in [0.1, 0.15) is 97.8 Å². The van der Waals surface area contributed by atoms with E-state index in [0.717, 1.165) is 0 Å². The van der Waals surface area contributed by atoms with Gasteiger partial charge in [0.2, 0.25) is 0 Å². The zero-order chi connectivity index (χ0) is 82.4. The first kappa shape index (κ1) is 84.3. The highest BCUT2D eigenvalue weighted by Crippen LogP contribution is 2.59. The first-order valence-electron chi connectivity index (χ1n) is 37.3. The van der Waals surface area contributed by atoms with Crippen molar-refractivity contribution in [3.05, 3.63) is 251 Å². The molecular formula is C82H89Cl2N11O17P2Si2. The van der Waals surface area contributed by atoms with Crippen molar-refractivity contribution in [1.82, 2.24) is 39.0 Å². The van der Waals surface area contributed by atoms with Gasteiger partial charge in [-0.1, -0.05) is 156 Å². The van der Waals surface area contributed by atoms with E-state index in [2.05, 4.69) is 46.4 Å². The van der Waals surface area contributed by atoms with Gasteiger partial charge in [-0.05, 0) is 150 Å². The van der Waals surface area contributed by atoms with Crippen molar-refractivity contribution < 1.29 is 78.4 Å². The van der Waals surface area contributed by atoms with Crippen molar-refractivity contribution in [1.29, 1.82) is 5.26 Å². The number of nitriles is 1. The number of benzene rings is 7. The Morgan fingerprint density at radius 1 is 0.500 bits per heavy atom. The largest absolute Gasteiger partial charge is 0.530 e. The summed E-state index contributed by atoms with van der Waals surface area (Å²) in [6.07, 6.45) is -6.33. The maximum absolute atomic E-state index is 17.4. The molecule has 0 aliphatic carbocycles. The number of rotatable bonds is 32. The molecule has 0 radical (unpaired) electrons. The van der Waals surface area contributed by atoms with Gasteiger partial charge in [-0.2, -0.15) is 5.26 Å². The van der Waals surface area contributed by atoms with Crippen molar-refractivity contribution in [3.63, 3.8) is 0 Å². The molecule has 10 atom stereocenters. The minimum absolute atomic E-state index is 0.00183. The number of anilines is 2. The lowest BCUT2D eigenvalue weighted by molar-refractivity contribution is -0.0944. The quantitative estimate of drug-likeness (QED) is 0.0171. The average Bonchev–Trinajstić information content (AvgIpc) is 1.41. The fraction of sp³-hybridized carbons (Fsp3) is 0.329. The van der Waals surface area contributed by atoms with Crippen molar-refractivity contribution >= 4 is 101 Å². The second-order valence-corrected chi connectivity index (χ2v) is 44.0. The Labute approximate surface area is 683 Å². The molecule has 2 aliphatic rings. The number of carbonyl (C=O) groups excluding carboxylic acids is 2. The van der Waals surface area contributed by atoms with Gasteiger partial charge in [0.1, 0.15) is 77.9 Å². The van der Waals surface area contributed by atoms with Crippen molar-refractivity contribution in [2.75, 3.05) is 44.7 Å². The third kappa shape index (κ3) is 18.7. The zero-order valence-electron chi connectivity index (χ0n) is 65.8. The number of ether oxygens (including phenoxy) is 5. The van der Waals surface area contributed by atoms with Crippen LogP contribution >= 0.6 is 38.8 Å². The maximum Gasteiger partial charge on any atom is 0.530 e. The minimum atomic E-state index is -5.41. The number of amides is 2. The molecule has 2 amide bonds. The summed E-state index contributed by atoms with van der Waals surface area (Å²) in [6, 6.07) is 55.7. The third-order valence-corrected chi connectivity index (χ3v) is 33.2. The van der Waals surface area contributed by atoms with Crippen LogP contribution in [0.4, 0.5) is 11.6 Å². The molecule has 116 heavy (non-hydrogen) atoms. The average molecular weight is 1690 g/mol. The van der Waals surface area contributed by atoms with E-state index in [4.69, 9.17) is 97.8 Å². The van der Waals surface area contributed by atoms with Crippen molar-refractivity contribution in [3.8, 4) is 29.1 Å². The first-order valence-corrected chi connectivity index (χ1v) is 46.8. The number of imidazole rings is 2. The number of carbonyl (C=O) groups is 2. The number of phosphoric acid groups is 2. The summed E-state index contributed by atoms with van der Waals surface area (Å²) in [5.41, 5.74) is 1.85. The van der Waals surface area contributed by atoms with Gasteiger partial charge in [0, 0.05) is 21.2 Å². The minimum Gasteiger partial charge on any atom is -0.497 e.